The van der Waals surface area contributed by atoms with E-state index in [0.717, 1.165) is 15.7 Å². The highest BCUT2D eigenvalue weighted by Gasteiger charge is 1.96. The van der Waals surface area contributed by atoms with Crippen LogP contribution in [0.15, 0.2) is 53.4 Å². The summed E-state index contributed by atoms with van der Waals surface area (Å²) in [6.07, 6.45) is 3.52. The van der Waals surface area contributed by atoms with Gasteiger partial charge in [-0.15, -0.1) is 17.9 Å². The van der Waals surface area contributed by atoms with Crippen molar-refractivity contribution in [2.75, 3.05) is 10.5 Å². The molecule has 0 saturated carbocycles. The Kier molecular flexibility index (Phi) is 6.21. The van der Waals surface area contributed by atoms with Crippen LogP contribution in [0.2, 0.25) is 0 Å². The minimum Gasteiger partial charge on any atom is -0.399 e. The third kappa shape index (κ3) is 5.42. The van der Waals surface area contributed by atoms with Crippen LogP contribution in [0.5, 0.6) is 0 Å². The average Bonchev–Trinajstić information content (AvgIpc) is 2.82. The highest BCUT2D eigenvalue weighted by molar-refractivity contribution is 8.00. The number of nitrogens with two attached hydrogens (primary N) is 1. The van der Waals surface area contributed by atoms with Crippen LogP contribution in [0.3, 0.4) is 0 Å². The van der Waals surface area contributed by atoms with E-state index >= 15 is 0 Å². The first-order valence-corrected chi connectivity index (χ1v) is 6.71. The summed E-state index contributed by atoms with van der Waals surface area (Å²) in [5.74, 6) is 0. The third-order valence-corrected chi connectivity index (χ3v) is 3.19. The monoisotopic (exact) mass is 265 g/mol. The van der Waals surface area contributed by atoms with Crippen LogP contribution in [0.4, 0.5) is 10.8 Å². The summed E-state index contributed by atoms with van der Waals surface area (Å²) in [5.41, 5.74) is 6.36. The standard InChI is InChI=1S/C9H9N3S2.C3H6/c10-7-1-3-8(4-2-7)14-12-9-11-5-6-13-9;1-3-2/h1-6H,10H2,(H,11,12);3H,1H2,2H3. The largest absolute Gasteiger partial charge is 0.399 e. The van der Waals surface area contributed by atoms with Crippen molar-refractivity contribution in [1.82, 2.24) is 4.98 Å². The Hall–Kier alpha value is -1.46. The number of hydrogen-bond acceptors (Lipinski definition) is 5. The second-order valence-electron chi connectivity index (χ2n) is 3.02. The zero-order chi connectivity index (χ0) is 12.5. The first-order chi connectivity index (χ1) is 8.26. The number of aromatic nitrogens is 1. The molecule has 1 aromatic carbocycles. The highest BCUT2D eigenvalue weighted by Crippen LogP contribution is 2.22. The predicted molar refractivity (Wildman–Crippen MR) is 78.3 cm³/mol. The Balaban J connectivity index is 0.000000437. The molecule has 0 saturated heterocycles. The van der Waals surface area contributed by atoms with Gasteiger partial charge in [-0.2, -0.15) is 0 Å². The van der Waals surface area contributed by atoms with Crippen LogP contribution < -0.4 is 10.5 Å². The van der Waals surface area contributed by atoms with Gasteiger partial charge in [0.1, 0.15) is 0 Å². The number of nitrogen functional groups attached to an aromatic ring is 1. The van der Waals surface area contributed by atoms with Gasteiger partial charge in [0.2, 0.25) is 0 Å². The summed E-state index contributed by atoms with van der Waals surface area (Å²) in [7, 11) is 0. The summed E-state index contributed by atoms with van der Waals surface area (Å²) in [5, 5.41) is 2.85. The quantitative estimate of drug-likeness (QED) is 0.499. The fraction of sp³-hybridized carbons (Fsp3) is 0.0833. The summed E-state index contributed by atoms with van der Waals surface area (Å²) in [6, 6.07) is 7.71. The number of thiazole rings is 1. The van der Waals surface area contributed by atoms with Crippen LogP contribution in [0.1, 0.15) is 6.92 Å². The van der Waals surface area contributed by atoms with E-state index in [1.54, 1.807) is 23.6 Å². The van der Waals surface area contributed by atoms with Gasteiger partial charge in [0.15, 0.2) is 5.13 Å². The van der Waals surface area contributed by atoms with E-state index in [-0.39, 0.29) is 0 Å². The zero-order valence-electron chi connectivity index (χ0n) is 9.59. The second kappa shape index (κ2) is 7.76. The molecule has 0 aliphatic heterocycles. The lowest BCUT2D eigenvalue weighted by molar-refractivity contribution is 1.42. The fourth-order valence-corrected chi connectivity index (χ4v) is 2.13. The summed E-state index contributed by atoms with van der Waals surface area (Å²) >= 11 is 3.11. The van der Waals surface area contributed by atoms with Gasteiger partial charge in [0.25, 0.3) is 0 Å². The van der Waals surface area contributed by atoms with E-state index in [1.165, 1.54) is 11.9 Å². The molecule has 0 radical (unpaired) electrons. The number of rotatable bonds is 3. The molecule has 0 amide bonds. The zero-order valence-corrected chi connectivity index (χ0v) is 11.2. The normalized spacial score (nSPS) is 9.00. The van der Waals surface area contributed by atoms with E-state index in [1.807, 2.05) is 36.6 Å². The van der Waals surface area contributed by atoms with E-state index < -0.39 is 0 Å². The van der Waals surface area contributed by atoms with E-state index in [2.05, 4.69) is 16.3 Å². The number of hydrogen-bond donors (Lipinski definition) is 2. The number of benzene rings is 1. The van der Waals surface area contributed by atoms with Crippen LogP contribution >= 0.6 is 23.3 Å². The van der Waals surface area contributed by atoms with Gasteiger partial charge in [-0.1, -0.05) is 6.08 Å². The molecular formula is C12H15N3S2. The van der Waals surface area contributed by atoms with Crippen LogP contribution in [-0.4, -0.2) is 4.98 Å². The van der Waals surface area contributed by atoms with E-state index in [0.29, 0.717) is 0 Å². The first kappa shape index (κ1) is 13.6. The van der Waals surface area contributed by atoms with Crippen molar-refractivity contribution in [2.45, 2.75) is 11.8 Å². The lowest BCUT2D eigenvalue weighted by atomic mass is 10.3. The van der Waals surface area contributed by atoms with Crippen LogP contribution in [-0.2, 0) is 0 Å². The van der Waals surface area contributed by atoms with Crippen molar-refractivity contribution in [2.24, 2.45) is 0 Å². The molecule has 5 heteroatoms. The number of nitrogens with zero attached hydrogens (tertiary/aromatic N) is 1. The number of anilines is 2. The molecule has 0 atom stereocenters. The first-order valence-electron chi connectivity index (χ1n) is 5.01. The molecule has 0 spiro atoms. The minimum atomic E-state index is 0.781. The molecule has 3 nitrogen and oxygen atoms in total. The Morgan fingerprint density at radius 3 is 2.59 bits per heavy atom. The van der Waals surface area contributed by atoms with Crippen molar-refractivity contribution in [3.63, 3.8) is 0 Å². The molecule has 17 heavy (non-hydrogen) atoms. The summed E-state index contributed by atoms with van der Waals surface area (Å²) < 4.78 is 3.14. The molecule has 0 aliphatic carbocycles. The maximum absolute atomic E-state index is 5.58. The number of allylic oxidation sites excluding steroid dienone is 1. The third-order valence-electron chi connectivity index (χ3n) is 1.57. The Morgan fingerprint density at radius 1 is 1.41 bits per heavy atom. The van der Waals surface area contributed by atoms with Gasteiger partial charge < -0.3 is 10.5 Å². The van der Waals surface area contributed by atoms with Crippen molar-refractivity contribution in [1.29, 1.82) is 0 Å². The predicted octanol–water partition coefficient (Wildman–Crippen LogP) is 4.04. The molecule has 90 valence electrons. The molecule has 2 aromatic rings. The maximum Gasteiger partial charge on any atom is 0.192 e. The van der Waals surface area contributed by atoms with Gasteiger partial charge in [0.05, 0.1) is 0 Å². The van der Waals surface area contributed by atoms with E-state index in [9.17, 15) is 0 Å². The van der Waals surface area contributed by atoms with Crippen molar-refractivity contribution >= 4 is 34.1 Å². The SMILES string of the molecule is C=CC.Nc1ccc(SNc2nccs2)cc1. The molecule has 1 aromatic heterocycles. The number of nitrogens with one attached hydrogen (secondary N) is 1. The molecule has 0 bridgehead atoms. The van der Waals surface area contributed by atoms with Crippen LogP contribution in [0, 0.1) is 0 Å². The molecule has 1 heterocycles. The Labute approximate surface area is 110 Å². The smallest absolute Gasteiger partial charge is 0.192 e. The van der Waals surface area contributed by atoms with E-state index in [4.69, 9.17) is 5.73 Å². The van der Waals surface area contributed by atoms with Crippen molar-refractivity contribution < 1.29 is 0 Å². The molecular weight excluding hydrogens is 250 g/mol. The highest BCUT2D eigenvalue weighted by atomic mass is 32.2. The molecule has 0 fully saturated rings. The second-order valence-corrected chi connectivity index (χ2v) is 4.79. The Morgan fingerprint density at radius 2 is 2.06 bits per heavy atom. The fourth-order valence-electron chi connectivity index (χ4n) is 0.912. The average molecular weight is 265 g/mol. The van der Waals surface area contributed by atoms with Gasteiger partial charge in [0, 0.05) is 22.2 Å². The lowest BCUT2D eigenvalue weighted by Gasteiger charge is -2.01. The van der Waals surface area contributed by atoms with Gasteiger partial charge >= 0.3 is 0 Å². The van der Waals surface area contributed by atoms with Gasteiger partial charge in [-0.3, -0.25) is 0 Å². The topological polar surface area (TPSA) is 50.9 Å². The lowest BCUT2D eigenvalue weighted by Crippen LogP contribution is -1.86. The van der Waals surface area contributed by atoms with Crippen molar-refractivity contribution in [3.8, 4) is 0 Å². The Bertz CT molecular complexity index is 424. The molecule has 0 unspecified atom stereocenters. The molecule has 0 aliphatic rings. The summed E-state index contributed by atoms with van der Waals surface area (Å²) in [4.78, 5) is 5.23. The molecule has 3 N–H and O–H groups in total. The maximum atomic E-state index is 5.58. The molecule has 2 rings (SSSR count). The minimum absolute atomic E-state index is 0.781. The van der Waals surface area contributed by atoms with Gasteiger partial charge in [-0.05, 0) is 43.1 Å². The summed E-state index contributed by atoms with van der Waals surface area (Å²) in [6.45, 7) is 5.25. The van der Waals surface area contributed by atoms with Crippen LogP contribution in [0.25, 0.3) is 0 Å². The van der Waals surface area contributed by atoms with Gasteiger partial charge in [-0.25, -0.2) is 4.98 Å². The van der Waals surface area contributed by atoms with Crippen molar-refractivity contribution in [3.05, 3.63) is 48.5 Å².